The summed E-state index contributed by atoms with van der Waals surface area (Å²) >= 11 is 0. The van der Waals surface area contributed by atoms with Gasteiger partial charge in [-0.1, -0.05) is 6.07 Å². The molecule has 0 bridgehead atoms. The van der Waals surface area contributed by atoms with Crippen LogP contribution in [0, 0.1) is 5.41 Å². The molecule has 1 aromatic heterocycles. The molecule has 0 radical (unpaired) electrons. The van der Waals surface area contributed by atoms with Gasteiger partial charge < -0.3 is 19.8 Å². The van der Waals surface area contributed by atoms with Crippen LogP contribution in [0.4, 0.5) is 0 Å². The van der Waals surface area contributed by atoms with Crippen LogP contribution >= 0.6 is 0 Å². The molecule has 166 valence electrons. The van der Waals surface area contributed by atoms with Gasteiger partial charge in [-0.2, -0.15) is 0 Å². The number of piperidine rings is 2. The van der Waals surface area contributed by atoms with Gasteiger partial charge in [-0.05, 0) is 49.7 Å². The topological polar surface area (TPSA) is 103 Å². The highest BCUT2D eigenvalue weighted by Gasteiger charge is 2.43. The van der Waals surface area contributed by atoms with Gasteiger partial charge in [-0.15, -0.1) is 0 Å². The lowest BCUT2D eigenvalue weighted by molar-refractivity contribution is -0.135. The van der Waals surface area contributed by atoms with Crippen molar-refractivity contribution < 1.29 is 24.5 Å². The number of pyridine rings is 1. The smallest absolute Gasteiger partial charge is 0.290 e. The molecule has 0 saturated carbocycles. The summed E-state index contributed by atoms with van der Waals surface area (Å²) in [6.45, 7) is 4.84. The Morgan fingerprint density at radius 2 is 1.97 bits per heavy atom. The lowest BCUT2D eigenvalue weighted by atomic mass is 9.71. The van der Waals surface area contributed by atoms with Gasteiger partial charge in [0.05, 0.1) is 12.5 Å². The molecule has 2 N–H and O–H groups in total. The molecule has 3 saturated heterocycles. The number of nitrogens with zero attached hydrogens (tertiary/aromatic N) is 3. The molecule has 4 rings (SSSR count). The van der Waals surface area contributed by atoms with E-state index in [4.69, 9.17) is 14.6 Å². The van der Waals surface area contributed by atoms with Gasteiger partial charge in [-0.3, -0.25) is 19.5 Å². The second-order valence-corrected chi connectivity index (χ2v) is 8.61. The van der Waals surface area contributed by atoms with Crippen LogP contribution in [0.3, 0.4) is 0 Å². The van der Waals surface area contributed by atoms with E-state index in [0.717, 1.165) is 77.2 Å². The fourth-order valence-electron chi connectivity index (χ4n) is 5.09. The molecule has 3 aliphatic rings. The Morgan fingerprint density at radius 3 is 2.60 bits per heavy atom. The van der Waals surface area contributed by atoms with Gasteiger partial charge in [0, 0.05) is 57.3 Å². The third kappa shape index (κ3) is 6.00. The SMILES string of the molecule is O=C(Cc1ccccn1)N1CCC2(CC1)CC(O)CN(C1CCOCC1)C2.O=CO. The predicted octanol–water partition coefficient (Wildman–Crippen LogP) is 1.18. The van der Waals surface area contributed by atoms with Crippen LogP contribution in [0.25, 0.3) is 0 Å². The number of hydrogen-bond donors (Lipinski definition) is 2. The summed E-state index contributed by atoms with van der Waals surface area (Å²) in [6.07, 6.45) is 6.84. The van der Waals surface area contributed by atoms with Crippen molar-refractivity contribution in [2.45, 2.75) is 50.7 Å². The number of carboxylic acid groups (broad SMARTS) is 1. The number of carbonyl (C=O) groups is 2. The van der Waals surface area contributed by atoms with Crippen molar-refractivity contribution in [1.29, 1.82) is 0 Å². The zero-order chi connectivity index (χ0) is 21.4. The zero-order valence-electron chi connectivity index (χ0n) is 17.5. The van der Waals surface area contributed by atoms with Gasteiger partial charge >= 0.3 is 0 Å². The minimum atomic E-state index is -0.252. The van der Waals surface area contributed by atoms with Gasteiger partial charge in [0.25, 0.3) is 6.47 Å². The van der Waals surface area contributed by atoms with Crippen LogP contribution in [0.5, 0.6) is 0 Å². The standard InChI is InChI=1S/C21H31N3O3.CH2O2/c25-19-14-21(16-24(15-19)18-4-11-27-12-5-18)6-9-23(10-7-21)20(26)13-17-3-1-2-8-22-17;2-1-3/h1-3,8,18-19,25H,4-7,9-16H2;1H,(H,2,3). The van der Waals surface area contributed by atoms with E-state index in [1.54, 1.807) is 6.20 Å². The van der Waals surface area contributed by atoms with Gasteiger partial charge in [-0.25, -0.2) is 0 Å². The van der Waals surface area contributed by atoms with Crippen LogP contribution in [0.1, 0.15) is 37.8 Å². The Morgan fingerprint density at radius 1 is 1.27 bits per heavy atom. The van der Waals surface area contributed by atoms with Crippen molar-refractivity contribution in [3.05, 3.63) is 30.1 Å². The first-order valence-electron chi connectivity index (χ1n) is 10.8. The third-order valence-electron chi connectivity index (χ3n) is 6.59. The molecule has 0 aromatic carbocycles. The van der Waals surface area contributed by atoms with E-state index in [1.165, 1.54) is 0 Å². The van der Waals surface area contributed by atoms with Crippen molar-refractivity contribution in [2.75, 3.05) is 39.4 Å². The Bertz CT molecular complexity index is 673. The van der Waals surface area contributed by atoms with Gasteiger partial charge in [0.15, 0.2) is 0 Å². The number of hydrogen-bond acceptors (Lipinski definition) is 6. The van der Waals surface area contributed by atoms with Crippen LogP contribution in [0.2, 0.25) is 0 Å². The van der Waals surface area contributed by atoms with Crippen LogP contribution in [-0.2, 0) is 20.7 Å². The summed E-state index contributed by atoms with van der Waals surface area (Å²) in [5.74, 6) is 0.168. The molecule has 3 aliphatic heterocycles. The van der Waals surface area contributed by atoms with E-state index in [9.17, 15) is 9.90 Å². The Labute approximate surface area is 177 Å². The first-order chi connectivity index (χ1) is 14.5. The summed E-state index contributed by atoms with van der Waals surface area (Å²) in [5.41, 5.74) is 0.985. The number of aliphatic hydroxyl groups excluding tert-OH is 1. The van der Waals surface area contributed by atoms with Crippen LogP contribution < -0.4 is 0 Å². The average Bonchev–Trinajstić information content (AvgIpc) is 2.75. The number of carbonyl (C=O) groups excluding carboxylic acids is 1. The van der Waals surface area contributed by atoms with E-state index in [2.05, 4.69) is 9.88 Å². The van der Waals surface area contributed by atoms with Crippen molar-refractivity contribution in [2.24, 2.45) is 5.41 Å². The highest BCUT2D eigenvalue weighted by atomic mass is 16.5. The fourth-order valence-corrected chi connectivity index (χ4v) is 5.09. The quantitative estimate of drug-likeness (QED) is 0.709. The van der Waals surface area contributed by atoms with E-state index >= 15 is 0 Å². The summed E-state index contributed by atoms with van der Waals surface area (Å²) in [4.78, 5) is 29.7. The molecule has 0 aliphatic carbocycles. The predicted molar refractivity (Wildman–Crippen MR) is 111 cm³/mol. The molecular formula is C22H33N3O5. The molecule has 8 nitrogen and oxygen atoms in total. The van der Waals surface area contributed by atoms with E-state index in [0.29, 0.717) is 12.5 Å². The normalized spacial score (nSPS) is 24.7. The second-order valence-electron chi connectivity index (χ2n) is 8.61. The summed E-state index contributed by atoms with van der Waals surface area (Å²) in [5, 5.41) is 17.4. The molecule has 1 unspecified atom stereocenters. The molecular weight excluding hydrogens is 386 g/mol. The first kappa shape index (κ1) is 22.7. The monoisotopic (exact) mass is 419 g/mol. The molecule has 1 amide bonds. The minimum absolute atomic E-state index is 0.151. The first-order valence-corrected chi connectivity index (χ1v) is 10.8. The second kappa shape index (κ2) is 10.8. The third-order valence-corrected chi connectivity index (χ3v) is 6.59. The fraction of sp³-hybridized carbons (Fsp3) is 0.682. The van der Waals surface area contributed by atoms with Gasteiger partial charge in [0.2, 0.25) is 5.91 Å². The molecule has 1 aromatic rings. The summed E-state index contributed by atoms with van der Waals surface area (Å²) in [7, 11) is 0. The molecule has 1 spiro atoms. The molecule has 3 fully saturated rings. The van der Waals surface area contributed by atoms with Gasteiger partial charge in [0.1, 0.15) is 0 Å². The summed E-state index contributed by atoms with van der Waals surface area (Å²) in [6, 6.07) is 6.24. The zero-order valence-corrected chi connectivity index (χ0v) is 17.5. The number of aromatic nitrogens is 1. The highest BCUT2D eigenvalue weighted by molar-refractivity contribution is 5.78. The average molecular weight is 420 g/mol. The minimum Gasteiger partial charge on any atom is -0.483 e. The van der Waals surface area contributed by atoms with E-state index < -0.39 is 0 Å². The van der Waals surface area contributed by atoms with Crippen molar-refractivity contribution >= 4 is 12.4 Å². The van der Waals surface area contributed by atoms with Crippen molar-refractivity contribution in [1.82, 2.24) is 14.8 Å². The maximum Gasteiger partial charge on any atom is 0.290 e. The maximum absolute atomic E-state index is 12.6. The Hall–Kier alpha value is -2.03. The number of ether oxygens (including phenoxy) is 1. The Balaban J connectivity index is 0.000000806. The van der Waals surface area contributed by atoms with E-state index in [1.807, 2.05) is 23.1 Å². The molecule has 30 heavy (non-hydrogen) atoms. The largest absolute Gasteiger partial charge is 0.483 e. The van der Waals surface area contributed by atoms with Crippen molar-refractivity contribution in [3.63, 3.8) is 0 Å². The number of β-amino-alcohol motifs (C(OH)–C–C–N with tert-alkyl or cyclic N) is 1. The van der Waals surface area contributed by atoms with Crippen molar-refractivity contribution in [3.8, 4) is 0 Å². The lowest BCUT2D eigenvalue weighted by Crippen LogP contribution is -2.57. The Kier molecular flexibility index (Phi) is 8.18. The number of rotatable bonds is 3. The number of amides is 1. The maximum atomic E-state index is 12.6. The molecule has 1 atom stereocenters. The molecule has 4 heterocycles. The molecule has 8 heteroatoms. The van der Waals surface area contributed by atoms with Crippen LogP contribution in [-0.4, -0.2) is 88.9 Å². The number of aliphatic hydroxyl groups is 1. The van der Waals surface area contributed by atoms with E-state index in [-0.39, 0.29) is 23.9 Å². The van der Waals surface area contributed by atoms with Crippen LogP contribution in [0.15, 0.2) is 24.4 Å². The lowest BCUT2D eigenvalue weighted by Gasteiger charge is -2.51. The highest BCUT2D eigenvalue weighted by Crippen LogP contribution is 2.41. The summed E-state index contributed by atoms with van der Waals surface area (Å²) < 4.78 is 5.51. The number of likely N-dealkylation sites (tertiary alicyclic amines) is 2.